The lowest BCUT2D eigenvalue weighted by molar-refractivity contribution is -0.119. The fourth-order valence-electron chi connectivity index (χ4n) is 0.713. The molecule has 0 fully saturated rings. The minimum absolute atomic E-state index is 0.00481. The highest BCUT2D eigenvalue weighted by molar-refractivity contribution is 7.87. The maximum Gasteiger partial charge on any atom is 0.276 e. The second-order valence-corrected chi connectivity index (χ2v) is 4.39. The average Bonchev–Trinajstić information content (AvgIpc) is 2.01. The molecule has 0 bridgehead atoms. The molecule has 13 heavy (non-hydrogen) atoms. The summed E-state index contributed by atoms with van der Waals surface area (Å²) in [6, 6.07) is -1.03. The maximum atomic E-state index is 11.2. The fraction of sp³-hybridized carbons (Fsp3) is 0.800. The third-order valence-electron chi connectivity index (χ3n) is 1.45. The molecule has 6 nitrogen and oxygen atoms in total. The van der Waals surface area contributed by atoms with Gasteiger partial charge in [0.15, 0.2) is 11.0 Å². The summed E-state index contributed by atoms with van der Waals surface area (Å²) in [6.07, 6.45) is 0. The van der Waals surface area contributed by atoms with Crippen molar-refractivity contribution in [2.75, 3.05) is 12.3 Å². The predicted octanol–water partition coefficient (Wildman–Crippen LogP) is -1.97. The zero-order valence-electron chi connectivity index (χ0n) is 6.75. The highest BCUT2D eigenvalue weighted by Gasteiger charge is 2.32. The topological polar surface area (TPSA) is 123 Å². The molecule has 0 aliphatic heterocycles. The Bertz CT molecular complexity index is 276. The van der Waals surface area contributed by atoms with Gasteiger partial charge in [0, 0.05) is 12.3 Å². The molecule has 0 spiro atoms. The Morgan fingerprint density at radius 1 is 1.54 bits per heavy atom. The molecular formula is C5H12N2O4S2. The van der Waals surface area contributed by atoms with Crippen molar-refractivity contribution < 1.29 is 17.8 Å². The molecule has 0 saturated carbocycles. The minimum Gasteiger partial charge on any atom is -0.329 e. The van der Waals surface area contributed by atoms with Gasteiger partial charge in [-0.3, -0.25) is 9.35 Å². The van der Waals surface area contributed by atoms with Crippen LogP contribution in [0.2, 0.25) is 0 Å². The molecule has 5 N–H and O–H groups in total. The van der Waals surface area contributed by atoms with Gasteiger partial charge in [-0.25, -0.2) is 0 Å². The molecule has 0 amide bonds. The first-order valence-electron chi connectivity index (χ1n) is 3.41. The average molecular weight is 228 g/mol. The molecule has 0 aromatic carbocycles. The lowest BCUT2D eigenvalue weighted by atomic mass is 10.1. The first-order chi connectivity index (χ1) is 5.84. The Balaban J connectivity index is 4.71. The van der Waals surface area contributed by atoms with Crippen molar-refractivity contribution in [1.82, 2.24) is 0 Å². The molecule has 0 rings (SSSR count). The quantitative estimate of drug-likeness (QED) is 0.319. The summed E-state index contributed by atoms with van der Waals surface area (Å²) in [6.45, 7) is -0.487. The summed E-state index contributed by atoms with van der Waals surface area (Å²) in [5.74, 6) is -0.815. The van der Waals surface area contributed by atoms with Gasteiger partial charge in [-0.1, -0.05) is 0 Å². The van der Waals surface area contributed by atoms with E-state index in [9.17, 15) is 13.2 Å². The van der Waals surface area contributed by atoms with Gasteiger partial charge in [0.25, 0.3) is 10.1 Å². The van der Waals surface area contributed by atoms with Crippen LogP contribution in [-0.4, -0.2) is 42.3 Å². The van der Waals surface area contributed by atoms with E-state index in [1.165, 1.54) is 0 Å². The smallest absolute Gasteiger partial charge is 0.276 e. The second-order valence-electron chi connectivity index (χ2n) is 2.43. The van der Waals surface area contributed by atoms with E-state index >= 15 is 0 Å². The Morgan fingerprint density at radius 3 is 2.23 bits per heavy atom. The number of ketones is 1. The number of nitrogens with two attached hydrogens (primary N) is 2. The van der Waals surface area contributed by atoms with Crippen LogP contribution in [0.25, 0.3) is 0 Å². The summed E-state index contributed by atoms with van der Waals surface area (Å²) in [4.78, 5) is 11.2. The van der Waals surface area contributed by atoms with Gasteiger partial charge < -0.3 is 11.5 Å². The third kappa shape index (κ3) is 3.61. The van der Waals surface area contributed by atoms with E-state index < -0.39 is 33.7 Å². The molecular weight excluding hydrogens is 216 g/mol. The monoisotopic (exact) mass is 228 g/mol. The SMILES string of the molecule is NCC(C(=O)[C@@H](N)CS)S(=O)(=O)O. The largest absolute Gasteiger partial charge is 0.329 e. The molecule has 2 atom stereocenters. The van der Waals surface area contributed by atoms with Crippen LogP contribution in [0.4, 0.5) is 0 Å². The standard InChI is InChI=1S/C5H12N2O4S2/c6-1-4(13(9,10)11)5(8)3(7)2-12/h3-4,12H,1-2,6-7H2,(H,9,10,11)/t3-,4?/m0/s1. The molecule has 0 saturated heterocycles. The van der Waals surface area contributed by atoms with Crippen LogP contribution >= 0.6 is 12.6 Å². The highest BCUT2D eigenvalue weighted by Crippen LogP contribution is 2.02. The van der Waals surface area contributed by atoms with Crippen molar-refractivity contribution in [1.29, 1.82) is 0 Å². The van der Waals surface area contributed by atoms with Gasteiger partial charge in [-0.15, -0.1) is 0 Å². The summed E-state index contributed by atoms with van der Waals surface area (Å²) in [5.41, 5.74) is 10.2. The summed E-state index contributed by atoms with van der Waals surface area (Å²) < 4.78 is 29.8. The summed E-state index contributed by atoms with van der Waals surface area (Å²) in [5, 5.41) is -1.64. The van der Waals surface area contributed by atoms with Crippen molar-refractivity contribution >= 4 is 28.5 Å². The lowest BCUT2D eigenvalue weighted by Crippen LogP contribution is -2.47. The van der Waals surface area contributed by atoms with Crippen molar-refractivity contribution in [3.8, 4) is 0 Å². The van der Waals surface area contributed by atoms with E-state index in [4.69, 9.17) is 16.0 Å². The van der Waals surface area contributed by atoms with Crippen LogP contribution in [0, 0.1) is 0 Å². The molecule has 0 aromatic heterocycles. The first-order valence-corrected chi connectivity index (χ1v) is 5.54. The zero-order chi connectivity index (χ0) is 10.6. The molecule has 1 unspecified atom stereocenters. The number of carbonyl (C=O) groups excluding carboxylic acids is 1. The second kappa shape index (κ2) is 4.91. The Morgan fingerprint density at radius 2 is 2.00 bits per heavy atom. The maximum absolute atomic E-state index is 11.2. The van der Waals surface area contributed by atoms with Crippen LogP contribution in [0.15, 0.2) is 0 Å². The van der Waals surface area contributed by atoms with Gasteiger partial charge in [-0.05, 0) is 0 Å². The lowest BCUT2D eigenvalue weighted by Gasteiger charge is -2.13. The van der Waals surface area contributed by atoms with Gasteiger partial charge in [-0.2, -0.15) is 21.0 Å². The Kier molecular flexibility index (Phi) is 4.86. The molecule has 8 heteroatoms. The number of Topliss-reactive ketones (excluding diaryl/α,β-unsaturated/α-hetero) is 1. The number of hydrogen-bond acceptors (Lipinski definition) is 6. The minimum atomic E-state index is -4.46. The Labute approximate surface area is 81.8 Å². The van der Waals surface area contributed by atoms with Crippen molar-refractivity contribution in [3.63, 3.8) is 0 Å². The highest BCUT2D eigenvalue weighted by atomic mass is 32.2. The first kappa shape index (κ1) is 12.8. The van der Waals surface area contributed by atoms with Crippen molar-refractivity contribution in [2.45, 2.75) is 11.3 Å². The van der Waals surface area contributed by atoms with E-state index in [0.29, 0.717) is 0 Å². The van der Waals surface area contributed by atoms with E-state index in [1.54, 1.807) is 0 Å². The van der Waals surface area contributed by atoms with E-state index in [-0.39, 0.29) is 5.75 Å². The number of hydrogen-bond donors (Lipinski definition) is 4. The van der Waals surface area contributed by atoms with Crippen molar-refractivity contribution in [3.05, 3.63) is 0 Å². The van der Waals surface area contributed by atoms with E-state index in [0.717, 1.165) is 0 Å². The van der Waals surface area contributed by atoms with Crippen molar-refractivity contribution in [2.24, 2.45) is 11.5 Å². The van der Waals surface area contributed by atoms with Crippen LogP contribution < -0.4 is 11.5 Å². The van der Waals surface area contributed by atoms with E-state index in [1.807, 2.05) is 0 Å². The van der Waals surface area contributed by atoms with Gasteiger partial charge in [0.1, 0.15) is 0 Å². The van der Waals surface area contributed by atoms with Crippen LogP contribution in [0.3, 0.4) is 0 Å². The number of rotatable bonds is 5. The predicted molar refractivity (Wildman–Crippen MR) is 51.2 cm³/mol. The molecule has 0 aliphatic carbocycles. The zero-order valence-corrected chi connectivity index (χ0v) is 8.46. The fourth-order valence-corrected chi connectivity index (χ4v) is 1.60. The van der Waals surface area contributed by atoms with Crippen LogP contribution in [-0.2, 0) is 14.9 Å². The molecule has 0 aliphatic rings. The van der Waals surface area contributed by atoms with Gasteiger partial charge >= 0.3 is 0 Å². The van der Waals surface area contributed by atoms with Crippen LogP contribution in [0.1, 0.15) is 0 Å². The van der Waals surface area contributed by atoms with Crippen LogP contribution in [0.5, 0.6) is 0 Å². The van der Waals surface area contributed by atoms with Gasteiger partial charge in [0.05, 0.1) is 6.04 Å². The molecule has 0 heterocycles. The number of carbonyl (C=O) groups is 1. The third-order valence-corrected chi connectivity index (χ3v) is 2.99. The Hall–Kier alpha value is -0.150. The summed E-state index contributed by atoms with van der Waals surface area (Å²) >= 11 is 3.72. The van der Waals surface area contributed by atoms with Gasteiger partial charge in [0.2, 0.25) is 0 Å². The summed E-state index contributed by atoms with van der Waals surface area (Å²) in [7, 11) is -4.46. The van der Waals surface area contributed by atoms with E-state index in [2.05, 4.69) is 12.6 Å². The number of thiol groups is 1. The molecule has 78 valence electrons. The normalized spacial score (nSPS) is 16.6. The molecule has 0 radical (unpaired) electrons. The molecule has 0 aromatic rings.